The summed E-state index contributed by atoms with van der Waals surface area (Å²) in [6, 6.07) is 11.6. The van der Waals surface area contributed by atoms with Crippen molar-refractivity contribution in [1.82, 2.24) is 5.32 Å². The first-order chi connectivity index (χ1) is 9.49. The molecular formula is C16H17ClFNO. The fourth-order valence-electron chi connectivity index (χ4n) is 2.25. The van der Waals surface area contributed by atoms with Crippen LogP contribution < -0.4 is 5.32 Å². The second-order valence-corrected chi connectivity index (χ2v) is 5.24. The lowest BCUT2D eigenvalue weighted by Crippen LogP contribution is -2.23. The summed E-state index contributed by atoms with van der Waals surface area (Å²) in [5, 5.41) is 13.2. The van der Waals surface area contributed by atoms with Crippen LogP contribution in [0.15, 0.2) is 42.5 Å². The molecule has 2 aromatic rings. The quantitative estimate of drug-likeness (QED) is 0.863. The Morgan fingerprint density at radius 3 is 2.35 bits per heavy atom. The van der Waals surface area contributed by atoms with E-state index in [0.29, 0.717) is 10.6 Å². The first-order valence-electron chi connectivity index (χ1n) is 6.48. The predicted octanol–water partition coefficient (Wildman–Crippen LogP) is 4.60. The molecule has 106 valence electrons. The number of aromatic hydroxyl groups is 1. The standard InChI is InChI=1S/C16H17ClFNO/c1-10(13-5-3-4-6-15(13)17)19-11(2)14-8-7-12(20)9-16(14)18/h3-11,19-20H,1-2H3/t10-,11?/m0/s1. The topological polar surface area (TPSA) is 32.3 Å². The number of rotatable bonds is 4. The zero-order valence-electron chi connectivity index (χ0n) is 11.4. The van der Waals surface area contributed by atoms with Crippen molar-refractivity contribution >= 4 is 11.6 Å². The Balaban J connectivity index is 2.15. The van der Waals surface area contributed by atoms with Crippen LogP contribution in [0.4, 0.5) is 4.39 Å². The highest BCUT2D eigenvalue weighted by Gasteiger charge is 2.16. The van der Waals surface area contributed by atoms with Gasteiger partial charge in [0, 0.05) is 28.7 Å². The number of hydrogen-bond acceptors (Lipinski definition) is 2. The number of hydrogen-bond donors (Lipinski definition) is 2. The number of nitrogens with one attached hydrogen (secondary N) is 1. The van der Waals surface area contributed by atoms with E-state index in [9.17, 15) is 9.50 Å². The van der Waals surface area contributed by atoms with Crippen molar-refractivity contribution in [3.8, 4) is 5.75 Å². The predicted molar refractivity (Wildman–Crippen MR) is 79.5 cm³/mol. The van der Waals surface area contributed by atoms with E-state index in [4.69, 9.17) is 11.6 Å². The SMILES string of the molecule is CC(N[C@@H](C)c1ccccc1Cl)c1ccc(O)cc1F. The van der Waals surface area contributed by atoms with E-state index in [0.717, 1.165) is 11.6 Å². The second-order valence-electron chi connectivity index (χ2n) is 4.84. The van der Waals surface area contributed by atoms with Crippen molar-refractivity contribution in [1.29, 1.82) is 0 Å². The molecule has 2 N–H and O–H groups in total. The van der Waals surface area contributed by atoms with Crippen LogP contribution >= 0.6 is 11.6 Å². The Morgan fingerprint density at radius 1 is 1.05 bits per heavy atom. The van der Waals surface area contributed by atoms with E-state index < -0.39 is 5.82 Å². The Hall–Kier alpha value is -1.58. The lowest BCUT2D eigenvalue weighted by atomic mass is 10.0. The molecule has 0 aliphatic heterocycles. The first-order valence-corrected chi connectivity index (χ1v) is 6.85. The van der Waals surface area contributed by atoms with Gasteiger partial charge in [-0.3, -0.25) is 0 Å². The van der Waals surface area contributed by atoms with Crippen LogP contribution in [0.1, 0.15) is 37.1 Å². The van der Waals surface area contributed by atoms with Crippen molar-refractivity contribution < 1.29 is 9.50 Å². The maximum Gasteiger partial charge on any atom is 0.131 e. The molecule has 2 nitrogen and oxygen atoms in total. The molecule has 0 bridgehead atoms. The van der Waals surface area contributed by atoms with Crippen LogP contribution in [0, 0.1) is 5.82 Å². The van der Waals surface area contributed by atoms with Gasteiger partial charge in [-0.25, -0.2) is 4.39 Å². The van der Waals surface area contributed by atoms with Gasteiger partial charge in [-0.05, 0) is 31.5 Å². The lowest BCUT2D eigenvalue weighted by Gasteiger charge is -2.22. The van der Waals surface area contributed by atoms with Crippen LogP contribution in [0.3, 0.4) is 0 Å². The normalized spacial score (nSPS) is 14.0. The third-order valence-electron chi connectivity index (χ3n) is 3.32. The van der Waals surface area contributed by atoms with E-state index >= 15 is 0 Å². The van der Waals surface area contributed by atoms with Gasteiger partial charge >= 0.3 is 0 Å². The maximum atomic E-state index is 13.8. The molecule has 0 aliphatic rings. The van der Waals surface area contributed by atoms with Gasteiger partial charge in [-0.1, -0.05) is 35.9 Å². The molecule has 4 heteroatoms. The van der Waals surface area contributed by atoms with Gasteiger partial charge in [0.2, 0.25) is 0 Å². The van der Waals surface area contributed by atoms with Gasteiger partial charge < -0.3 is 10.4 Å². The number of benzene rings is 2. The molecule has 1 unspecified atom stereocenters. The van der Waals surface area contributed by atoms with Gasteiger partial charge in [0.1, 0.15) is 11.6 Å². The zero-order chi connectivity index (χ0) is 14.7. The fraction of sp³-hybridized carbons (Fsp3) is 0.250. The summed E-state index contributed by atoms with van der Waals surface area (Å²) in [5.74, 6) is -0.492. The molecule has 0 aliphatic carbocycles. The number of halogens is 2. The Bertz CT molecular complexity index is 603. The Morgan fingerprint density at radius 2 is 1.70 bits per heavy atom. The van der Waals surface area contributed by atoms with Crippen molar-refractivity contribution in [3.63, 3.8) is 0 Å². The summed E-state index contributed by atoms with van der Waals surface area (Å²) in [5.41, 5.74) is 1.49. The van der Waals surface area contributed by atoms with Gasteiger partial charge in [0.15, 0.2) is 0 Å². The Labute approximate surface area is 123 Å². The van der Waals surface area contributed by atoms with Crippen LogP contribution in [0.5, 0.6) is 5.75 Å². The molecule has 0 heterocycles. The van der Waals surface area contributed by atoms with Crippen LogP contribution in [0.25, 0.3) is 0 Å². The molecule has 2 aromatic carbocycles. The highest BCUT2D eigenvalue weighted by Crippen LogP contribution is 2.27. The van der Waals surface area contributed by atoms with Crippen molar-refractivity contribution in [2.24, 2.45) is 0 Å². The van der Waals surface area contributed by atoms with E-state index in [1.807, 2.05) is 38.1 Å². The molecule has 0 saturated heterocycles. The molecule has 0 spiro atoms. The maximum absolute atomic E-state index is 13.8. The minimum atomic E-state index is -0.420. The fourth-order valence-corrected chi connectivity index (χ4v) is 2.55. The van der Waals surface area contributed by atoms with Crippen LogP contribution in [0.2, 0.25) is 5.02 Å². The number of phenolic OH excluding ortho intramolecular Hbond substituents is 1. The second kappa shape index (κ2) is 6.25. The highest BCUT2D eigenvalue weighted by molar-refractivity contribution is 6.31. The smallest absolute Gasteiger partial charge is 0.131 e. The average Bonchev–Trinajstić information content (AvgIpc) is 2.38. The lowest BCUT2D eigenvalue weighted by molar-refractivity contribution is 0.454. The summed E-state index contributed by atoms with van der Waals surface area (Å²) in [6.45, 7) is 3.86. The molecule has 0 amide bonds. The monoisotopic (exact) mass is 293 g/mol. The third kappa shape index (κ3) is 3.30. The van der Waals surface area contributed by atoms with Gasteiger partial charge in [-0.2, -0.15) is 0 Å². The molecule has 0 radical (unpaired) electrons. The molecule has 20 heavy (non-hydrogen) atoms. The van der Waals surface area contributed by atoms with Crippen molar-refractivity contribution in [3.05, 3.63) is 64.4 Å². The summed E-state index contributed by atoms with van der Waals surface area (Å²) >= 11 is 6.15. The van der Waals surface area contributed by atoms with Crippen LogP contribution in [-0.4, -0.2) is 5.11 Å². The summed E-state index contributed by atoms with van der Waals surface area (Å²) in [6.07, 6.45) is 0. The molecule has 0 fully saturated rings. The summed E-state index contributed by atoms with van der Waals surface area (Å²) in [4.78, 5) is 0. The van der Waals surface area contributed by atoms with E-state index in [-0.39, 0.29) is 17.8 Å². The highest BCUT2D eigenvalue weighted by atomic mass is 35.5. The largest absolute Gasteiger partial charge is 0.508 e. The van der Waals surface area contributed by atoms with E-state index in [2.05, 4.69) is 5.32 Å². The average molecular weight is 294 g/mol. The molecule has 0 aromatic heterocycles. The molecular weight excluding hydrogens is 277 g/mol. The summed E-state index contributed by atoms with van der Waals surface area (Å²) in [7, 11) is 0. The van der Waals surface area contributed by atoms with Crippen molar-refractivity contribution in [2.75, 3.05) is 0 Å². The van der Waals surface area contributed by atoms with Gasteiger partial charge in [0.05, 0.1) is 0 Å². The van der Waals surface area contributed by atoms with Crippen LogP contribution in [-0.2, 0) is 0 Å². The number of phenols is 1. The first kappa shape index (κ1) is 14.8. The summed E-state index contributed by atoms with van der Waals surface area (Å²) < 4.78 is 13.8. The van der Waals surface area contributed by atoms with Gasteiger partial charge in [0.25, 0.3) is 0 Å². The zero-order valence-corrected chi connectivity index (χ0v) is 12.2. The van der Waals surface area contributed by atoms with Crippen molar-refractivity contribution in [2.45, 2.75) is 25.9 Å². The van der Waals surface area contributed by atoms with E-state index in [1.165, 1.54) is 6.07 Å². The molecule has 2 atom stereocenters. The molecule has 2 rings (SSSR count). The molecule has 0 saturated carbocycles. The minimum absolute atomic E-state index is 0.00750. The third-order valence-corrected chi connectivity index (χ3v) is 3.67. The van der Waals surface area contributed by atoms with E-state index in [1.54, 1.807) is 6.07 Å². The van der Waals surface area contributed by atoms with Gasteiger partial charge in [-0.15, -0.1) is 0 Å². The minimum Gasteiger partial charge on any atom is -0.508 e. The Kier molecular flexibility index (Phi) is 4.63.